The quantitative estimate of drug-likeness (QED) is 0.844. The van der Waals surface area contributed by atoms with E-state index in [0.29, 0.717) is 11.5 Å². The Bertz CT molecular complexity index is 746. The molecule has 0 amide bonds. The fraction of sp³-hybridized carbons (Fsp3) is 0.357. The van der Waals surface area contributed by atoms with Crippen molar-refractivity contribution < 1.29 is 12.9 Å². The number of rotatable bonds is 4. The minimum atomic E-state index is -3.71. The molecule has 0 saturated heterocycles. The number of nitrogens with zero attached hydrogens (tertiary/aromatic N) is 1. The van der Waals surface area contributed by atoms with Gasteiger partial charge in [-0.1, -0.05) is 11.2 Å². The van der Waals surface area contributed by atoms with Crippen LogP contribution in [0.1, 0.15) is 35.5 Å². The second-order valence-electron chi connectivity index (χ2n) is 5.12. The van der Waals surface area contributed by atoms with Crippen LogP contribution in [-0.2, 0) is 10.0 Å². The van der Waals surface area contributed by atoms with Gasteiger partial charge in [0.1, 0.15) is 10.7 Å². The maximum atomic E-state index is 12.5. The Kier molecular flexibility index (Phi) is 4.06. The highest BCUT2D eigenvalue weighted by Gasteiger charge is 2.24. The number of nitrogen functional groups attached to an aromatic ring is 1. The van der Waals surface area contributed by atoms with Crippen molar-refractivity contribution in [1.29, 1.82) is 0 Å². The monoisotopic (exact) mass is 309 g/mol. The molecule has 3 N–H and O–H groups in total. The molecule has 1 aromatic carbocycles. The second kappa shape index (κ2) is 5.50. The lowest BCUT2D eigenvalue weighted by atomic mass is 10.1. The molecular formula is C14H19N3O3S. The summed E-state index contributed by atoms with van der Waals surface area (Å²) in [6.07, 6.45) is 0. The summed E-state index contributed by atoms with van der Waals surface area (Å²) in [5.74, 6) is 0.597. The molecule has 0 bridgehead atoms. The van der Waals surface area contributed by atoms with Crippen LogP contribution in [0.5, 0.6) is 0 Å². The van der Waals surface area contributed by atoms with E-state index in [0.717, 1.165) is 11.1 Å². The zero-order chi connectivity index (χ0) is 15.8. The van der Waals surface area contributed by atoms with Gasteiger partial charge in [-0.2, -0.15) is 0 Å². The van der Waals surface area contributed by atoms with Crippen LogP contribution >= 0.6 is 0 Å². The second-order valence-corrected chi connectivity index (χ2v) is 6.80. The first-order chi connectivity index (χ1) is 9.72. The van der Waals surface area contributed by atoms with Gasteiger partial charge in [-0.15, -0.1) is 0 Å². The lowest BCUT2D eigenvalue weighted by Gasteiger charge is -2.15. The predicted octanol–water partition coefficient (Wildman–Crippen LogP) is 2.22. The number of nitrogens with one attached hydrogen (secondary N) is 1. The number of sulfonamides is 1. The van der Waals surface area contributed by atoms with Crippen molar-refractivity contribution in [3.05, 3.63) is 40.8 Å². The number of hydrogen-bond donors (Lipinski definition) is 2. The minimum absolute atomic E-state index is 0.0757. The fourth-order valence-corrected chi connectivity index (χ4v) is 3.70. The van der Waals surface area contributed by atoms with Gasteiger partial charge in [-0.05, 0) is 45.4 Å². The van der Waals surface area contributed by atoms with Crippen LogP contribution < -0.4 is 10.5 Å². The number of aromatic nitrogens is 1. The zero-order valence-electron chi connectivity index (χ0n) is 12.5. The first kappa shape index (κ1) is 15.5. The Morgan fingerprint density at radius 1 is 1.29 bits per heavy atom. The van der Waals surface area contributed by atoms with E-state index in [2.05, 4.69) is 9.88 Å². The Morgan fingerprint density at radius 3 is 2.48 bits per heavy atom. The topological polar surface area (TPSA) is 98.2 Å². The number of anilines is 1. The maximum absolute atomic E-state index is 12.5. The summed E-state index contributed by atoms with van der Waals surface area (Å²) in [4.78, 5) is 0.0757. The highest BCUT2D eigenvalue weighted by atomic mass is 32.2. The molecular weight excluding hydrogens is 290 g/mol. The molecule has 0 aliphatic heterocycles. The molecule has 0 aliphatic carbocycles. The summed E-state index contributed by atoms with van der Waals surface area (Å²) in [7, 11) is -3.71. The SMILES string of the molecule is Cc1ccc(S(=O)(=O)NC(C)c2c(C)noc2C)c(N)c1. The summed E-state index contributed by atoms with van der Waals surface area (Å²) in [5, 5.41) is 3.83. The molecule has 1 aromatic heterocycles. The van der Waals surface area contributed by atoms with Crippen LogP contribution in [0.3, 0.4) is 0 Å². The van der Waals surface area contributed by atoms with Crippen LogP contribution in [0.15, 0.2) is 27.6 Å². The van der Waals surface area contributed by atoms with E-state index >= 15 is 0 Å². The van der Waals surface area contributed by atoms with E-state index in [4.69, 9.17) is 10.3 Å². The third-order valence-corrected chi connectivity index (χ3v) is 4.92. The van der Waals surface area contributed by atoms with Crippen molar-refractivity contribution in [3.8, 4) is 0 Å². The van der Waals surface area contributed by atoms with Gasteiger partial charge < -0.3 is 10.3 Å². The van der Waals surface area contributed by atoms with Crippen LogP contribution in [0.25, 0.3) is 0 Å². The molecule has 1 atom stereocenters. The molecule has 1 unspecified atom stereocenters. The van der Waals surface area contributed by atoms with E-state index < -0.39 is 16.1 Å². The smallest absolute Gasteiger partial charge is 0.243 e. The van der Waals surface area contributed by atoms with Crippen LogP contribution in [0.4, 0.5) is 5.69 Å². The molecule has 114 valence electrons. The molecule has 0 fully saturated rings. The van der Waals surface area contributed by atoms with Crippen molar-refractivity contribution in [1.82, 2.24) is 9.88 Å². The van der Waals surface area contributed by atoms with Crippen LogP contribution in [0.2, 0.25) is 0 Å². The van der Waals surface area contributed by atoms with Crippen LogP contribution in [0, 0.1) is 20.8 Å². The van der Waals surface area contributed by atoms with Gasteiger partial charge in [-0.3, -0.25) is 0 Å². The molecule has 0 aliphatic rings. The highest BCUT2D eigenvalue weighted by molar-refractivity contribution is 7.89. The summed E-state index contributed by atoms with van der Waals surface area (Å²) in [6.45, 7) is 7.12. The minimum Gasteiger partial charge on any atom is -0.398 e. The molecule has 6 nitrogen and oxygen atoms in total. The average molecular weight is 309 g/mol. The van der Waals surface area contributed by atoms with Crippen molar-refractivity contribution in [2.24, 2.45) is 0 Å². The van der Waals surface area contributed by atoms with E-state index in [1.54, 1.807) is 32.9 Å². The van der Waals surface area contributed by atoms with Gasteiger partial charge >= 0.3 is 0 Å². The molecule has 0 saturated carbocycles. The van der Waals surface area contributed by atoms with E-state index in [-0.39, 0.29) is 10.6 Å². The molecule has 21 heavy (non-hydrogen) atoms. The van der Waals surface area contributed by atoms with Crippen molar-refractivity contribution >= 4 is 15.7 Å². The van der Waals surface area contributed by atoms with Crippen molar-refractivity contribution in [2.75, 3.05) is 5.73 Å². The summed E-state index contributed by atoms with van der Waals surface area (Å²) < 4.78 is 32.6. The fourth-order valence-electron chi connectivity index (χ4n) is 2.38. The van der Waals surface area contributed by atoms with E-state index in [1.807, 2.05) is 6.92 Å². The van der Waals surface area contributed by atoms with E-state index in [1.165, 1.54) is 6.07 Å². The third kappa shape index (κ3) is 3.08. The average Bonchev–Trinajstić information content (AvgIpc) is 2.67. The highest BCUT2D eigenvalue weighted by Crippen LogP contribution is 2.25. The molecule has 1 heterocycles. The Hall–Kier alpha value is -1.86. The third-order valence-electron chi connectivity index (χ3n) is 3.31. The lowest BCUT2D eigenvalue weighted by molar-refractivity contribution is 0.391. The first-order valence-electron chi connectivity index (χ1n) is 6.53. The zero-order valence-corrected chi connectivity index (χ0v) is 13.3. The van der Waals surface area contributed by atoms with Gasteiger partial charge in [0, 0.05) is 11.6 Å². The molecule has 2 rings (SSSR count). The largest absolute Gasteiger partial charge is 0.398 e. The number of hydrogen-bond acceptors (Lipinski definition) is 5. The van der Waals surface area contributed by atoms with Gasteiger partial charge in [0.15, 0.2) is 0 Å². The number of benzene rings is 1. The van der Waals surface area contributed by atoms with Crippen LogP contribution in [-0.4, -0.2) is 13.6 Å². The standard InChI is InChI=1S/C14H19N3O3S/c1-8-5-6-13(12(15)7-8)21(18,19)17-10(3)14-9(2)16-20-11(14)4/h5-7,10,17H,15H2,1-4H3. The Morgan fingerprint density at radius 2 is 1.95 bits per heavy atom. The summed E-state index contributed by atoms with van der Waals surface area (Å²) in [6, 6.07) is 4.40. The Labute approximate surface area is 124 Å². The molecule has 0 radical (unpaired) electrons. The molecule has 2 aromatic rings. The van der Waals surface area contributed by atoms with Gasteiger partial charge in [-0.25, -0.2) is 13.1 Å². The molecule has 7 heteroatoms. The number of nitrogens with two attached hydrogens (primary N) is 1. The maximum Gasteiger partial charge on any atom is 0.243 e. The van der Waals surface area contributed by atoms with Crippen molar-refractivity contribution in [2.45, 2.75) is 38.6 Å². The lowest BCUT2D eigenvalue weighted by Crippen LogP contribution is -2.28. The van der Waals surface area contributed by atoms with Gasteiger partial charge in [0.25, 0.3) is 0 Å². The summed E-state index contributed by atoms with van der Waals surface area (Å²) in [5.41, 5.74) is 8.36. The normalized spacial score (nSPS) is 13.3. The van der Waals surface area contributed by atoms with E-state index in [9.17, 15) is 8.42 Å². The van der Waals surface area contributed by atoms with Gasteiger partial charge in [0.05, 0.1) is 11.4 Å². The van der Waals surface area contributed by atoms with Crippen molar-refractivity contribution in [3.63, 3.8) is 0 Å². The summed E-state index contributed by atoms with van der Waals surface area (Å²) >= 11 is 0. The number of aryl methyl sites for hydroxylation is 3. The first-order valence-corrected chi connectivity index (χ1v) is 8.02. The Balaban J connectivity index is 2.33. The van der Waals surface area contributed by atoms with Gasteiger partial charge in [0.2, 0.25) is 10.0 Å². The molecule has 0 spiro atoms. The predicted molar refractivity (Wildman–Crippen MR) is 80.3 cm³/mol.